The number of sulfone groups is 1. The number of rotatable bonds is 8. The second kappa shape index (κ2) is 9.68. The summed E-state index contributed by atoms with van der Waals surface area (Å²) in [5, 5.41) is 2.87. The Morgan fingerprint density at radius 2 is 1.79 bits per heavy atom. The molecule has 2 rings (SSSR count). The van der Waals surface area contributed by atoms with E-state index in [0.717, 1.165) is 11.3 Å². The van der Waals surface area contributed by atoms with Crippen LogP contribution in [0.4, 0.5) is 5.00 Å². The second-order valence-electron chi connectivity index (χ2n) is 6.72. The van der Waals surface area contributed by atoms with Crippen molar-refractivity contribution in [2.24, 2.45) is 0 Å². The summed E-state index contributed by atoms with van der Waals surface area (Å²) in [5.41, 5.74) is 0.511. The molecule has 1 N–H and O–H groups in total. The van der Waals surface area contributed by atoms with Crippen LogP contribution in [-0.2, 0) is 24.1 Å². The minimum absolute atomic E-state index is 0.0238. The van der Waals surface area contributed by atoms with Crippen LogP contribution in [0.3, 0.4) is 0 Å². The number of hydrogen-bond acceptors (Lipinski definition) is 9. The molecule has 1 fully saturated rings. The molecule has 162 valence electrons. The zero-order chi connectivity index (χ0) is 21.8. The molecule has 1 aliphatic heterocycles. The number of hydrogen-bond donors (Lipinski definition) is 1. The van der Waals surface area contributed by atoms with Crippen LogP contribution in [0.15, 0.2) is 0 Å². The predicted molar refractivity (Wildman–Crippen MR) is 109 cm³/mol. The number of thiophene rings is 1. The van der Waals surface area contributed by atoms with Gasteiger partial charge in [0, 0.05) is 6.04 Å². The van der Waals surface area contributed by atoms with Gasteiger partial charge in [-0.25, -0.2) is 18.0 Å². The fraction of sp³-hybridized carbons (Fsp3) is 0.611. The molecule has 29 heavy (non-hydrogen) atoms. The Balaban J connectivity index is 2.19. The molecule has 11 heteroatoms. The first-order valence-corrected chi connectivity index (χ1v) is 11.9. The minimum atomic E-state index is -3.06. The summed E-state index contributed by atoms with van der Waals surface area (Å²) in [5.74, 6) is -1.49. The molecule has 1 atom stereocenters. The highest BCUT2D eigenvalue weighted by Crippen LogP contribution is 2.34. The minimum Gasteiger partial charge on any atom is -0.462 e. The fourth-order valence-electron chi connectivity index (χ4n) is 3.09. The number of ether oxygens (including phenoxy) is 2. The van der Waals surface area contributed by atoms with Gasteiger partial charge >= 0.3 is 11.9 Å². The van der Waals surface area contributed by atoms with Crippen LogP contribution in [0.1, 0.15) is 45.9 Å². The van der Waals surface area contributed by atoms with Crippen molar-refractivity contribution in [3.63, 3.8) is 0 Å². The molecule has 1 aromatic rings. The first-order valence-electron chi connectivity index (χ1n) is 9.27. The molecular formula is C18H26N2O7S2. The maximum atomic E-state index is 12.5. The zero-order valence-corrected chi connectivity index (χ0v) is 18.6. The van der Waals surface area contributed by atoms with Gasteiger partial charge in [0.05, 0.1) is 36.8 Å². The molecular weight excluding hydrogens is 420 g/mol. The van der Waals surface area contributed by atoms with Crippen LogP contribution in [0.5, 0.6) is 0 Å². The van der Waals surface area contributed by atoms with Crippen LogP contribution < -0.4 is 5.32 Å². The average molecular weight is 447 g/mol. The quantitative estimate of drug-likeness (QED) is 0.596. The van der Waals surface area contributed by atoms with E-state index in [4.69, 9.17) is 9.47 Å². The Labute approximate surface area is 174 Å². The summed E-state index contributed by atoms with van der Waals surface area (Å²) < 4.78 is 33.4. The number of anilines is 1. The zero-order valence-electron chi connectivity index (χ0n) is 16.9. The fourth-order valence-corrected chi connectivity index (χ4v) is 6.00. The maximum Gasteiger partial charge on any atom is 0.348 e. The largest absolute Gasteiger partial charge is 0.462 e. The highest BCUT2D eigenvalue weighted by molar-refractivity contribution is 7.91. The molecule has 0 spiro atoms. The molecule has 0 unspecified atom stereocenters. The third-order valence-electron chi connectivity index (χ3n) is 4.56. The smallest absolute Gasteiger partial charge is 0.348 e. The van der Waals surface area contributed by atoms with Crippen LogP contribution in [0, 0.1) is 6.92 Å². The Morgan fingerprint density at radius 3 is 2.34 bits per heavy atom. The molecule has 9 nitrogen and oxygen atoms in total. The first kappa shape index (κ1) is 23.3. The van der Waals surface area contributed by atoms with Gasteiger partial charge in [0.2, 0.25) is 5.91 Å². The van der Waals surface area contributed by atoms with Gasteiger partial charge in [-0.2, -0.15) is 0 Å². The van der Waals surface area contributed by atoms with Gasteiger partial charge in [0.15, 0.2) is 9.84 Å². The maximum absolute atomic E-state index is 12.5. The van der Waals surface area contributed by atoms with E-state index in [2.05, 4.69) is 5.32 Å². The van der Waals surface area contributed by atoms with Gasteiger partial charge in [0.25, 0.3) is 0 Å². The SMILES string of the molecule is CCOC(=O)c1sc(NC(=O)CN(C)[C@@H]2CCS(=O)(=O)C2)c(C(=O)OCC)c1C. The molecule has 2 heterocycles. The van der Waals surface area contributed by atoms with E-state index in [0.29, 0.717) is 12.0 Å². The molecule has 1 saturated heterocycles. The molecule has 0 radical (unpaired) electrons. The van der Waals surface area contributed by atoms with Crippen molar-refractivity contribution in [1.82, 2.24) is 4.90 Å². The van der Waals surface area contributed by atoms with Gasteiger partial charge < -0.3 is 14.8 Å². The Hall–Kier alpha value is -1.98. The summed E-state index contributed by atoms with van der Waals surface area (Å²) in [4.78, 5) is 39.0. The van der Waals surface area contributed by atoms with Gasteiger partial charge in [-0.05, 0) is 39.8 Å². The first-order chi connectivity index (χ1) is 13.6. The van der Waals surface area contributed by atoms with Crippen LogP contribution in [0.25, 0.3) is 0 Å². The summed E-state index contributed by atoms with van der Waals surface area (Å²) >= 11 is 0.954. The van der Waals surface area contributed by atoms with Crippen molar-refractivity contribution < 1.29 is 32.3 Å². The lowest BCUT2D eigenvalue weighted by atomic mass is 10.1. The van der Waals surface area contributed by atoms with Gasteiger partial charge in [0.1, 0.15) is 9.88 Å². The summed E-state index contributed by atoms with van der Waals surface area (Å²) in [6.07, 6.45) is 0.477. The van der Waals surface area contributed by atoms with E-state index < -0.39 is 27.7 Å². The van der Waals surface area contributed by atoms with E-state index in [9.17, 15) is 22.8 Å². The number of amides is 1. The Morgan fingerprint density at radius 1 is 1.17 bits per heavy atom. The third-order valence-corrected chi connectivity index (χ3v) is 7.50. The van der Waals surface area contributed by atoms with Crippen LogP contribution in [0.2, 0.25) is 0 Å². The lowest BCUT2D eigenvalue weighted by molar-refractivity contribution is -0.117. The van der Waals surface area contributed by atoms with Crippen LogP contribution in [-0.4, -0.2) is 75.5 Å². The summed E-state index contributed by atoms with van der Waals surface area (Å²) in [7, 11) is -1.38. The molecule has 0 bridgehead atoms. The number of nitrogens with one attached hydrogen (secondary N) is 1. The molecule has 0 aliphatic carbocycles. The van der Waals surface area contributed by atoms with Crippen molar-refractivity contribution >= 4 is 44.0 Å². The van der Waals surface area contributed by atoms with Crippen molar-refractivity contribution in [3.8, 4) is 0 Å². The molecule has 1 aliphatic rings. The topological polar surface area (TPSA) is 119 Å². The number of likely N-dealkylation sites (N-methyl/N-ethyl adjacent to an activating group) is 1. The average Bonchev–Trinajstić information content (AvgIpc) is 3.14. The lowest BCUT2D eigenvalue weighted by Crippen LogP contribution is -2.38. The Kier molecular flexibility index (Phi) is 7.78. The van der Waals surface area contributed by atoms with Gasteiger partial charge in [-0.1, -0.05) is 0 Å². The molecule has 1 aromatic heterocycles. The van der Waals surface area contributed by atoms with E-state index in [1.165, 1.54) is 0 Å². The standard InChI is InChI=1S/C18H26N2O7S2/c1-5-26-17(22)14-11(3)15(18(23)27-6-2)28-16(14)19-13(21)9-20(4)12-7-8-29(24,25)10-12/h12H,5-10H2,1-4H3,(H,19,21)/t12-/m1/s1. The normalized spacial score (nSPS) is 17.9. The highest BCUT2D eigenvalue weighted by Gasteiger charge is 2.32. The third kappa shape index (κ3) is 5.77. The molecule has 0 aromatic carbocycles. The number of carbonyl (C=O) groups is 3. The second-order valence-corrected chi connectivity index (χ2v) is 9.97. The van der Waals surface area contributed by atoms with E-state index >= 15 is 0 Å². The monoisotopic (exact) mass is 446 g/mol. The van der Waals surface area contributed by atoms with E-state index in [1.807, 2.05) is 0 Å². The van der Waals surface area contributed by atoms with Crippen molar-refractivity contribution in [2.75, 3.05) is 43.6 Å². The van der Waals surface area contributed by atoms with Gasteiger partial charge in [-0.3, -0.25) is 9.69 Å². The van der Waals surface area contributed by atoms with Gasteiger partial charge in [-0.15, -0.1) is 11.3 Å². The van der Waals surface area contributed by atoms with E-state index in [1.54, 1.807) is 32.7 Å². The number of carbonyl (C=O) groups excluding carboxylic acids is 3. The number of esters is 2. The van der Waals surface area contributed by atoms with Crippen molar-refractivity contribution in [1.29, 1.82) is 0 Å². The lowest BCUT2D eigenvalue weighted by Gasteiger charge is -2.22. The van der Waals surface area contributed by atoms with Crippen molar-refractivity contribution in [2.45, 2.75) is 33.2 Å². The van der Waals surface area contributed by atoms with E-state index in [-0.39, 0.29) is 52.7 Å². The Bertz CT molecular complexity index is 892. The van der Waals surface area contributed by atoms with Crippen molar-refractivity contribution in [3.05, 3.63) is 16.0 Å². The molecule has 0 saturated carbocycles. The van der Waals surface area contributed by atoms with Crippen LogP contribution >= 0.6 is 11.3 Å². The highest BCUT2D eigenvalue weighted by atomic mass is 32.2. The summed E-state index contributed by atoms with van der Waals surface area (Å²) in [6.45, 7) is 5.22. The number of nitrogens with zero attached hydrogens (tertiary/aromatic N) is 1. The molecule has 1 amide bonds. The summed E-state index contributed by atoms with van der Waals surface area (Å²) in [6, 6.07) is -0.226. The predicted octanol–water partition coefficient (Wildman–Crippen LogP) is 1.47.